The van der Waals surface area contributed by atoms with Gasteiger partial charge in [-0.05, 0) is 113 Å². The molecule has 3 heteroatoms. The highest BCUT2D eigenvalue weighted by molar-refractivity contribution is 4.87. The molecule has 3 rings (SSSR count). The summed E-state index contributed by atoms with van der Waals surface area (Å²) in [5.41, 5.74) is 0. The van der Waals surface area contributed by atoms with Gasteiger partial charge >= 0.3 is 0 Å². The van der Waals surface area contributed by atoms with Gasteiger partial charge in [0.25, 0.3) is 6.08 Å². The topological polar surface area (TPSA) is 20.2 Å². The highest BCUT2D eigenvalue weighted by Gasteiger charge is 2.34. The minimum atomic E-state index is -1.52. The van der Waals surface area contributed by atoms with Crippen molar-refractivity contribution in [1.82, 2.24) is 0 Å². The zero-order chi connectivity index (χ0) is 17.6. The molecule has 0 unspecified atom stereocenters. The van der Waals surface area contributed by atoms with Crippen LogP contribution in [0.4, 0.5) is 8.78 Å². The molecule has 0 radical (unpaired) electrons. The van der Waals surface area contributed by atoms with Gasteiger partial charge in [0.2, 0.25) is 0 Å². The molecule has 1 nitrogen and oxygen atoms in total. The summed E-state index contributed by atoms with van der Waals surface area (Å²) in [5, 5.41) is 9.70. The molecule has 0 spiro atoms. The summed E-state index contributed by atoms with van der Waals surface area (Å²) < 4.78 is 24.3. The largest absolute Gasteiger partial charge is 0.393 e. The third-order valence-corrected chi connectivity index (χ3v) is 7.66. The molecule has 3 saturated carbocycles. The first-order valence-electron chi connectivity index (χ1n) is 10.8. The smallest absolute Gasteiger partial charge is 0.266 e. The van der Waals surface area contributed by atoms with Gasteiger partial charge in [0.1, 0.15) is 0 Å². The van der Waals surface area contributed by atoms with E-state index in [-0.39, 0.29) is 6.10 Å². The third kappa shape index (κ3) is 5.77. The Labute approximate surface area is 152 Å². The Morgan fingerprint density at radius 2 is 1.08 bits per heavy atom. The van der Waals surface area contributed by atoms with Crippen LogP contribution in [0.2, 0.25) is 0 Å². The maximum absolute atomic E-state index is 12.1. The van der Waals surface area contributed by atoms with Crippen molar-refractivity contribution in [2.75, 3.05) is 0 Å². The van der Waals surface area contributed by atoms with Crippen LogP contribution in [-0.2, 0) is 0 Å². The van der Waals surface area contributed by atoms with Crippen molar-refractivity contribution in [1.29, 1.82) is 0 Å². The molecule has 3 fully saturated rings. The fourth-order valence-corrected chi connectivity index (χ4v) is 6.04. The predicted molar refractivity (Wildman–Crippen MR) is 98.4 cm³/mol. The van der Waals surface area contributed by atoms with Gasteiger partial charge in [-0.15, -0.1) is 0 Å². The van der Waals surface area contributed by atoms with E-state index in [2.05, 4.69) is 0 Å². The molecular weight excluding hydrogens is 318 g/mol. The number of rotatable bonds is 5. The average Bonchev–Trinajstić information content (AvgIpc) is 2.63. The molecule has 0 aromatic rings. The lowest BCUT2D eigenvalue weighted by atomic mass is 9.65. The monoisotopic (exact) mass is 354 g/mol. The first kappa shape index (κ1) is 19.3. The van der Waals surface area contributed by atoms with Gasteiger partial charge in [-0.25, -0.2) is 0 Å². The number of halogens is 2. The Balaban J connectivity index is 1.34. The van der Waals surface area contributed by atoms with Crippen molar-refractivity contribution in [3.05, 3.63) is 12.2 Å². The van der Waals surface area contributed by atoms with Crippen LogP contribution in [0.25, 0.3) is 0 Å². The van der Waals surface area contributed by atoms with Gasteiger partial charge in [-0.3, -0.25) is 0 Å². The van der Waals surface area contributed by atoms with Gasteiger partial charge in [-0.1, -0.05) is 12.8 Å². The van der Waals surface area contributed by atoms with Gasteiger partial charge in [0.15, 0.2) is 0 Å². The van der Waals surface area contributed by atoms with Crippen molar-refractivity contribution >= 4 is 0 Å². The molecule has 0 heterocycles. The van der Waals surface area contributed by atoms with Crippen molar-refractivity contribution in [3.8, 4) is 0 Å². The summed E-state index contributed by atoms with van der Waals surface area (Å²) in [5.74, 6) is 4.30. The third-order valence-electron chi connectivity index (χ3n) is 7.66. The molecule has 144 valence electrons. The Hall–Kier alpha value is -0.440. The summed E-state index contributed by atoms with van der Waals surface area (Å²) in [6.07, 6.45) is 16.4. The lowest BCUT2D eigenvalue weighted by molar-refractivity contribution is 0.0666. The lowest BCUT2D eigenvalue weighted by Gasteiger charge is -2.41. The Morgan fingerprint density at radius 3 is 1.52 bits per heavy atom. The zero-order valence-electron chi connectivity index (χ0n) is 15.6. The Kier molecular flexibility index (Phi) is 7.33. The van der Waals surface area contributed by atoms with E-state index in [9.17, 15) is 13.9 Å². The average molecular weight is 355 g/mol. The van der Waals surface area contributed by atoms with Crippen LogP contribution in [0.15, 0.2) is 12.2 Å². The molecule has 25 heavy (non-hydrogen) atoms. The van der Waals surface area contributed by atoms with Crippen molar-refractivity contribution < 1.29 is 13.9 Å². The van der Waals surface area contributed by atoms with Crippen molar-refractivity contribution in [3.63, 3.8) is 0 Å². The number of hydrogen-bond acceptors (Lipinski definition) is 1. The summed E-state index contributed by atoms with van der Waals surface area (Å²) in [4.78, 5) is 0. The van der Waals surface area contributed by atoms with E-state index in [0.29, 0.717) is 12.3 Å². The minimum absolute atomic E-state index is 0.0281. The van der Waals surface area contributed by atoms with Crippen molar-refractivity contribution in [2.24, 2.45) is 29.6 Å². The summed E-state index contributed by atoms with van der Waals surface area (Å²) in [7, 11) is 0. The summed E-state index contributed by atoms with van der Waals surface area (Å²) in [6.45, 7) is 0. The molecule has 0 aromatic heterocycles. The Morgan fingerprint density at radius 1 is 0.680 bits per heavy atom. The second-order valence-corrected chi connectivity index (χ2v) is 9.10. The van der Waals surface area contributed by atoms with Gasteiger partial charge in [0.05, 0.1) is 6.10 Å². The van der Waals surface area contributed by atoms with Crippen LogP contribution in [-0.4, -0.2) is 11.2 Å². The van der Waals surface area contributed by atoms with Gasteiger partial charge < -0.3 is 5.11 Å². The number of aliphatic hydroxyl groups excluding tert-OH is 1. The van der Waals surface area contributed by atoms with Crippen LogP contribution in [0, 0.1) is 29.6 Å². The second kappa shape index (κ2) is 9.48. The minimum Gasteiger partial charge on any atom is -0.393 e. The predicted octanol–water partition coefficient (Wildman–Crippen LogP) is 6.71. The maximum atomic E-state index is 12.1. The molecule has 0 amide bonds. The first-order valence-corrected chi connectivity index (χ1v) is 10.8. The van der Waals surface area contributed by atoms with Crippen LogP contribution in [0.3, 0.4) is 0 Å². The van der Waals surface area contributed by atoms with Gasteiger partial charge in [0, 0.05) is 0 Å². The maximum Gasteiger partial charge on any atom is 0.266 e. The highest BCUT2D eigenvalue weighted by atomic mass is 19.3. The van der Waals surface area contributed by atoms with Crippen LogP contribution in [0.1, 0.15) is 89.9 Å². The molecule has 0 aliphatic heterocycles. The molecule has 3 aliphatic rings. The van der Waals surface area contributed by atoms with Crippen molar-refractivity contribution in [2.45, 2.75) is 96.0 Å². The molecular formula is C22H36F2O. The molecule has 0 aromatic carbocycles. The second-order valence-electron chi connectivity index (χ2n) is 9.10. The Bertz CT molecular complexity index is 408. The first-order chi connectivity index (χ1) is 12.1. The quantitative estimate of drug-likeness (QED) is 0.581. The fourth-order valence-electron chi connectivity index (χ4n) is 6.04. The normalized spacial score (nSPS) is 39.8. The van der Waals surface area contributed by atoms with E-state index in [1.165, 1.54) is 64.2 Å². The molecule has 1 N–H and O–H groups in total. The zero-order valence-corrected chi connectivity index (χ0v) is 15.6. The van der Waals surface area contributed by atoms with E-state index in [1.54, 1.807) is 0 Å². The fraction of sp³-hybridized carbons (Fsp3) is 0.909. The van der Waals surface area contributed by atoms with Crippen LogP contribution in [0.5, 0.6) is 0 Å². The lowest BCUT2D eigenvalue weighted by Crippen LogP contribution is -2.30. The molecule has 3 aliphatic carbocycles. The van der Waals surface area contributed by atoms with E-state index in [0.717, 1.165) is 49.0 Å². The van der Waals surface area contributed by atoms with Crippen LogP contribution < -0.4 is 0 Å². The number of hydrogen-bond donors (Lipinski definition) is 1. The molecule has 0 atom stereocenters. The number of aliphatic hydroxyl groups is 1. The van der Waals surface area contributed by atoms with Crippen LogP contribution >= 0.6 is 0 Å². The SMILES string of the molecule is OC1CCC(C2CCC(C3CCC(CCC=C(F)F)CC3)CC2)CC1. The number of allylic oxidation sites excluding steroid dienone is 1. The molecule has 0 bridgehead atoms. The summed E-state index contributed by atoms with van der Waals surface area (Å²) >= 11 is 0. The van der Waals surface area contributed by atoms with E-state index >= 15 is 0 Å². The van der Waals surface area contributed by atoms with E-state index in [4.69, 9.17) is 0 Å². The molecule has 0 saturated heterocycles. The summed E-state index contributed by atoms with van der Waals surface area (Å²) in [6, 6.07) is 0. The standard InChI is InChI=1S/C22H36F2O/c23-22(24)3-1-2-16-4-6-17(7-5-16)18-8-10-19(11-9-18)20-12-14-21(25)15-13-20/h3,16-21,25H,1-2,4-15H2. The highest BCUT2D eigenvalue weighted by Crippen LogP contribution is 2.45. The van der Waals surface area contributed by atoms with E-state index < -0.39 is 6.08 Å². The van der Waals surface area contributed by atoms with E-state index in [1.807, 2.05) is 0 Å². The van der Waals surface area contributed by atoms with Gasteiger partial charge in [-0.2, -0.15) is 8.78 Å².